The third-order valence-electron chi connectivity index (χ3n) is 2.05. The molecule has 0 unspecified atom stereocenters. The van der Waals surface area contributed by atoms with Crippen molar-refractivity contribution in [3.63, 3.8) is 0 Å². The molecular formula is C9H11FN2O4S. The Bertz CT molecular complexity index is 556. The zero-order chi connectivity index (χ0) is 13.2. The summed E-state index contributed by atoms with van der Waals surface area (Å²) in [4.78, 5) is 9.30. The molecule has 0 spiro atoms. The summed E-state index contributed by atoms with van der Waals surface area (Å²) >= 11 is 0. The van der Waals surface area contributed by atoms with Gasteiger partial charge in [-0.05, 0) is 18.6 Å². The van der Waals surface area contributed by atoms with Gasteiger partial charge >= 0.3 is 5.69 Å². The molecule has 1 aromatic carbocycles. The van der Waals surface area contributed by atoms with E-state index in [1.165, 1.54) is 6.92 Å². The van der Waals surface area contributed by atoms with E-state index in [1.807, 2.05) is 0 Å². The summed E-state index contributed by atoms with van der Waals surface area (Å²) in [5.74, 6) is -1.02. The van der Waals surface area contributed by atoms with Gasteiger partial charge in [0.25, 0.3) is 0 Å². The molecule has 8 heteroatoms. The number of rotatable bonds is 4. The Balaban J connectivity index is 3.44. The highest BCUT2D eigenvalue weighted by molar-refractivity contribution is 7.89. The molecule has 0 aliphatic heterocycles. The van der Waals surface area contributed by atoms with Gasteiger partial charge in [-0.25, -0.2) is 13.1 Å². The number of sulfonamides is 1. The van der Waals surface area contributed by atoms with Crippen LogP contribution >= 0.6 is 0 Å². The van der Waals surface area contributed by atoms with E-state index in [2.05, 4.69) is 4.72 Å². The van der Waals surface area contributed by atoms with Gasteiger partial charge in [-0.2, -0.15) is 4.39 Å². The zero-order valence-corrected chi connectivity index (χ0v) is 10.0. The second kappa shape index (κ2) is 4.76. The number of nitrogens with one attached hydrogen (secondary N) is 1. The Morgan fingerprint density at radius 1 is 1.47 bits per heavy atom. The number of aryl methyl sites for hydroxylation is 1. The fourth-order valence-electron chi connectivity index (χ4n) is 1.28. The first-order valence-electron chi connectivity index (χ1n) is 4.73. The highest BCUT2D eigenvalue weighted by atomic mass is 32.2. The van der Waals surface area contributed by atoms with Crippen LogP contribution in [0.2, 0.25) is 0 Å². The molecule has 17 heavy (non-hydrogen) atoms. The standard InChI is InChI=1S/C9H11FN2O4S/c1-3-11-17(15,16)7-4-6(2)9(10)8(5-7)12(13)14/h4-5,11H,3H2,1-2H3. The number of halogens is 1. The summed E-state index contributed by atoms with van der Waals surface area (Å²) in [5.41, 5.74) is -0.933. The lowest BCUT2D eigenvalue weighted by Crippen LogP contribution is -2.23. The van der Waals surface area contributed by atoms with Gasteiger partial charge in [-0.15, -0.1) is 0 Å². The van der Waals surface area contributed by atoms with E-state index in [4.69, 9.17) is 0 Å². The smallest absolute Gasteiger partial charge is 0.258 e. The molecule has 0 aromatic heterocycles. The molecule has 0 heterocycles. The lowest BCUT2D eigenvalue weighted by atomic mass is 10.2. The van der Waals surface area contributed by atoms with Crippen LogP contribution < -0.4 is 4.72 Å². The highest BCUT2D eigenvalue weighted by Gasteiger charge is 2.23. The van der Waals surface area contributed by atoms with Crippen LogP contribution in [0.1, 0.15) is 12.5 Å². The second-order valence-electron chi connectivity index (χ2n) is 3.33. The normalized spacial score (nSPS) is 11.5. The largest absolute Gasteiger partial charge is 0.306 e. The van der Waals surface area contributed by atoms with Crippen LogP contribution in [-0.4, -0.2) is 19.9 Å². The first-order chi connectivity index (χ1) is 7.79. The van der Waals surface area contributed by atoms with Gasteiger partial charge < -0.3 is 0 Å². The van der Waals surface area contributed by atoms with Crippen LogP contribution in [0.25, 0.3) is 0 Å². The van der Waals surface area contributed by atoms with E-state index >= 15 is 0 Å². The van der Waals surface area contributed by atoms with Crippen molar-refractivity contribution in [2.75, 3.05) is 6.54 Å². The third kappa shape index (κ3) is 2.77. The van der Waals surface area contributed by atoms with E-state index < -0.39 is 26.5 Å². The molecule has 6 nitrogen and oxygen atoms in total. The highest BCUT2D eigenvalue weighted by Crippen LogP contribution is 2.24. The van der Waals surface area contributed by atoms with Crippen LogP contribution in [0.3, 0.4) is 0 Å². The van der Waals surface area contributed by atoms with E-state index in [0.29, 0.717) is 6.07 Å². The summed E-state index contributed by atoms with van der Waals surface area (Å²) in [6, 6.07) is 1.76. The predicted octanol–water partition coefficient (Wildman–Crippen LogP) is 1.34. The fourth-order valence-corrected chi connectivity index (χ4v) is 2.43. The molecule has 1 aromatic rings. The van der Waals surface area contributed by atoms with Gasteiger partial charge in [0.05, 0.1) is 9.82 Å². The molecule has 0 saturated heterocycles. The summed E-state index contributed by atoms with van der Waals surface area (Å²) < 4.78 is 38.8. The lowest BCUT2D eigenvalue weighted by Gasteiger charge is -2.06. The average Bonchev–Trinajstić information content (AvgIpc) is 2.21. The van der Waals surface area contributed by atoms with Crippen molar-refractivity contribution < 1.29 is 17.7 Å². The zero-order valence-electron chi connectivity index (χ0n) is 9.23. The van der Waals surface area contributed by atoms with Crippen molar-refractivity contribution in [1.29, 1.82) is 0 Å². The predicted molar refractivity (Wildman–Crippen MR) is 58.7 cm³/mol. The number of nitro benzene ring substituents is 1. The summed E-state index contributed by atoms with van der Waals surface area (Å²) in [6.45, 7) is 2.99. The minimum Gasteiger partial charge on any atom is -0.258 e. The Kier molecular flexibility index (Phi) is 3.79. The van der Waals surface area contributed by atoms with Crippen LogP contribution in [0.15, 0.2) is 17.0 Å². The molecule has 0 bridgehead atoms. The van der Waals surface area contributed by atoms with Crippen molar-refractivity contribution >= 4 is 15.7 Å². The number of hydrogen-bond donors (Lipinski definition) is 1. The van der Waals surface area contributed by atoms with Gasteiger partial charge in [0, 0.05) is 12.6 Å². The molecule has 0 atom stereocenters. The Hall–Kier alpha value is -1.54. The molecule has 0 aliphatic rings. The molecule has 0 amide bonds. The van der Waals surface area contributed by atoms with Crippen LogP contribution in [0, 0.1) is 22.9 Å². The maximum Gasteiger partial charge on any atom is 0.306 e. The van der Waals surface area contributed by atoms with Crippen LogP contribution in [0.4, 0.5) is 10.1 Å². The van der Waals surface area contributed by atoms with Crippen molar-refractivity contribution in [1.82, 2.24) is 4.72 Å². The minimum absolute atomic E-state index is 0.0873. The molecular weight excluding hydrogens is 251 g/mol. The minimum atomic E-state index is -3.83. The second-order valence-corrected chi connectivity index (χ2v) is 5.10. The SMILES string of the molecule is CCNS(=O)(=O)c1cc(C)c(F)c([N+](=O)[O-])c1. The molecule has 94 valence electrons. The molecule has 1 rings (SSSR count). The Morgan fingerprint density at radius 3 is 2.53 bits per heavy atom. The number of hydrogen-bond acceptors (Lipinski definition) is 4. The van der Waals surface area contributed by atoms with Gasteiger partial charge in [-0.3, -0.25) is 10.1 Å². The van der Waals surface area contributed by atoms with Crippen molar-refractivity contribution in [2.24, 2.45) is 0 Å². The van der Waals surface area contributed by atoms with Crippen molar-refractivity contribution in [3.05, 3.63) is 33.6 Å². The summed E-state index contributed by atoms with van der Waals surface area (Å²) in [7, 11) is -3.83. The molecule has 0 aliphatic carbocycles. The molecule has 0 saturated carbocycles. The van der Waals surface area contributed by atoms with Gasteiger partial charge in [0.2, 0.25) is 15.8 Å². The van der Waals surface area contributed by atoms with E-state index in [-0.39, 0.29) is 17.0 Å². The van der Waals surface area contributed by atoms with Crippen molar-refractivity contribution in [2.45, 2.75) is 18.7 Å². The third-order valence-corrected chi connectivity index (χ3v) is 3.58. The summed E-state index contributed by atoms with van der Waals surface area (Å²) in [5, 5.41) is 10.6. The lowest BCUT2D eigenvalue weighted by molar-refractivity contribution is -0.387. The van der Waals surface area contributed by atoms with Crippen LogP contribution in [-0.2, 0) is 10.0 Å². The monoisotopic (exact) mass is 262 g/mol. The van der Waals surface area contributed by atoms with Gasteiger partial charge in [0.1, 0.15) is 0 Å². The van der Waals surface area contributed by atoms with E-state index in [9.17, 15) is 22.9 Å². The molecule has 0 radical (unpaired) electrons. The first kappa shape index (κ1) is 13.5. The fraction of sp³-hybridized carbons (Fsp3) is 0.333. The average molecular weight is 262 g/mol. The van der Waals surface area contributed by atoms with E-state index in [0.717, 1.165) is 6.07 Å². The van der Waals surface area contributed by atoms with E-state index in [1.54, 1.807) is 6.92 Å². The maximum absolute atomic E-state index is 13.3. The molecule has 0 fully saturated rings. The Morgan fingerprint density at radius 2 is 2.06 bits per heavy atom. The van der Waals surface area contributed by atoms with Gasteiger partial charge in [-0.1, -0.05) is 6.92 Å². The van der Waals surface area contributed by atoms with Crippen LogP contribution in [0.5, 0.6) is 0 Å². The first-order valence-corrected chi connectivity index (χ1v) is 6.22. The molecule has 1 N–H and O–H groups in total. The number of nitrogens with zero attached hydrogens (tertiary/aromatic N) is 1. The Labute approximate surface area is 97.7 Å². The topological polar surface area (TPSA) is 89.3 Å². The number of nitro groups is 1. The maximum atomic E-state index is 13.3. The summed E-state index contributed by atoms with van der Waals surface area (Å²) in [6.07, 6.45) is 0. The quantitative estimate of drug-likeness (QED) is 0.655. The van der Waals surface area contributed by atoms with Gasteiger partial charge in [0.15, 0.2) is 0 Å². The van der Waals surface area contributed by atoms with Crippen molar-refractivity contribution in [3.8, 4) is 0 Å². The number of benzene rings is 1.